The Balaban J connectivity index is 1.53. The van der Waals surface area contributed by atoms with Crippen LogP contribution in [-0.2, 0) is 6.18 Å². The molecule has 1 aromatic heterocycles. The number of ether oxygens (including phenoxy) is 2. The number of halogens is 3. The molecule has 1 N–H and O–H groups in total. The van der Waals surface area contributed by atoms with Gasteiger partial charge in [-0.1, -0.05) is 72.8 Å². The summed E-state index contributed by atoms with van der Waals surface area (Å²) in [4.78, 5) is 12.6. The van der Waals surface area contributed by atoms with Crippen molar-refractivity contribution in [1.29, 1.82) is 0 Å². The zero-order chi connectivity index (χ0) is 28.5. The summed E-state index contributed by atoms with van der Waals surface area (Å²) in [6.45, 7) is 0. The zero-order valence-corrected chi connectivity index (χ0v) is 21.1. The lowest BCUT2D eigenvalue weighted by Gasteiger charge is -2.12. The number of nitrogens with zero attached hydrogens (tertiary/aromatic N) is 6. The van der Waals surface area contributed by atoms with Gasteiger partial charge >= 0.3 is 18.2 Å². The van der Waals surface area contributed by atoms with E-state index in [-0.39, 0.29) is 29.4 Å². The van der Waals surface area contributed by atoms with Crippen LogP contribution in [0.5, 0.6) is 23.5 Å². The van der Waals surface area contributed by atoms with E-state index < -0.39 is 11.7 Å². The lowest BCUT2D eigenvalue weighted by Crippen LogP contribution is -2.13. The maximum Gasteiger partial charge on any atom is 0.417 e. The van der Waals surface area contributed by atoms with E-state index in [0.29, 0.717) is 17.2 Å². The predicted octanol–water partition coefficient (Wildman–Crippen LogP) is 8.03. The molecule has 0 saturated carbocycles. The molecule has 0 saturated heterocycles. The van der Waals surface area contributed by atoms with Gasteiger partial charge in [0.2, 0.25) is 5.84 Å². The second kappa shape index (κ2) is 12.5. The Labute approximate surface area is 232 Å². The molecule has 0 aliphatic rings. The quantitative estimate of drug-likeness (QED) is 0.0899. The Morgan fingerprint density at radius 2 is 1.15 bits per heavy atom. The van der Waals surface area contributed by atoms with Gasteiger partial charge < -0.3 is 9.47 Å². The molecule has 41 heavy (non-hydrogen) atoms. The van der Waals surface area contributed by atoms with E-state index in [0.717, 1.165) is 6.07 Å². The molecule has 12 heteroatoms. The number of anilines is 1. The number of hydrazone groups is 1. The highest BCUT2D eigenvalue weighted by atomic mass is 19.4. The van der Waals surface area contributed by atoms with Gasteiger partial charge in [-0.05, 0) is 42.5 Å². The molecule has 5 aromatic rings. The average molecular weight is 556 g/mol. The summed E-state index contributed by atoms with van der Waals surface area (Å²) < 4.78 is 53.0. The summed E-state index contributed by atoms with van der Waals surface area (Å²) in [6, 6.07) is 30.6. The molecule has 0 amide bonds. The van der Waals surface area contributed by atoms with E-state index in [1.165, 1.54) is 18.2 Å². The van der Waals surface area contributed by atoms with Crippen molar-refractivity contribution in [3.8, 4) is 23.5 Å². The van der Waals surface area contributed by atoms with Crippen LogP contribution in [0.15, 0.2) is 131 Å². The van der Waals surface area contributed by atoms with Gasteiger partial charge in [-0.25, -0.2) is 5.43 Å². The van der Waals surface area contributed by atoms with Gasteiger partial charge in [0.1, 0.15) is 11.5 Å². The summed E-state index contributed by atoms with van der Waals surface area (Å²) >= 11 is 0. The topological polar surface area (TPSA) is 106 Å². The second-order valence-corrected chi connectivity index (χ2v) is 8.18. The summed E-state index contributed by atoms with van der Waals surface area (Å²) in [7, 11) is 0. The SMILES string of the molecule is FC(F)(F)c1ccccc1C(N=Nc1ccccc1)=NNc1nc(Oc2ccccc2)nc(Oc2ccccc2)n1. The molecular formula is C29H20F3N7O2. The van der Waals surface area contributed by atoms with Crippen molar-refractivity contribution in [2.24, 2.45) is 15.3 Å². The molecule has 5 rings (SSSR count). The third kappa shape index (κ3) is 7.47. The largest absolute Gasteiger partial charge is 0.424 e. The number of alkyl halides is 3. The van der Waals surface area contributed by atoms with Gasteiger partial charge in [0.25, 0.3) is 5.95 Å². The number of para-hydroxylation sites is 2. The number of nitrogens with one attached hydrogen (secondary N) is 1. The minimum absolute atomic E-state index is 0.141. The predicted molar refractivity (Wildman–Crippen MR) is 145 cm³/mol. The van der Waals surface area contributed by atoms with E-state index in [2.05, 4.69) is 35.7 Å². The highest BCUT2D eigenvalue weighted by Gasteiger charge is 2.34. The molecule has 0 unspecified atom stereocenters. The molecule has 0 bridgehead atoms. The minimum atomic E-state index is -4.67. The van der Waals surface area contributed by atoms with E-state index in [1.54, 1.807) is 78.9 Å². The molecule has 0 aliphatic carbocycles. The molecule has 9 nitrogen and oxygen atoms in total. The first-order valence-electron chi connectivity index (χ1n) is 12.1. The van der Waals surface area contributed by atoms with Crippen molar-refractivity contribution in [3.63, 3.8) is 0 Å². The smallest absolute Gasteiger partial charge is 0.417 e. The van der Waals surface area contributed by atoms with E-state index >= 15 is 0 Å². The first-order valence-corrected chi connectivity index (χ1v) is 12.1. The first-order chi connectivity index (χ1) is 19.9. The fourth-order valence-corrected chi connectivity index (χ4v) is 3.43. The van der Waals surface area contributed by atoms with E-state index in [4.69, 9.17) is 9.47 Å². The maximum atomic E-state index is 13.8. The lowest BCUT2D eigenvalue weighted by atomic mass is 10.1. The van der Waals surface area contributed by atoms with Gasteiger partial charge in [-0.2, -0.15) is 28.2 Å². The summed E-state index contributed by atoms with van der Waals surface area (Å²) in [5.74, 6) is 0.345. The number of rotatable bonds is 8. The van der Waals surface area contributed by atoms with Gasteiger partial charge in [0.05, 0.1) is 11.3 Å². The number of hydrogen-bond donors (Lipinski definition) is 1. The standard InChI is InChI=1S/C29H20F3N7O2/c30-29(31,32)24-19-11-10-18-23(24)25(37-36-20-12-4-1-5-13-20)38-39-26-33-27(40-21-14-6-2-7-15-21)35-28(34-26)41-22-16-8-3-9-17-22/h1-19H,(H,33,34,35,39). The van der Waals surface area contributed by atoms with Crippen LogP contribution in [0.1, 0.15) is 11.1 Å². The zero-order valence-electron chi connectivity index (χ0n) is 21.1. The molecule has 1 heterocycles. The Hall–Kier alpha value is -5.65. The van der Waals surface area contributed by atoms with Crippen LogP contribution in [0.2, 0.25) is 0 Å². The number of aromatic nitrogens is 3. The second-order valence-electron chi connectivity index (χ2n) is 8.18. The van der Waals surface area contributed by atoms with Crippen LogP contribution in [0.25, 0.3) is 0 Å². The van der Waals surface area contributed by atoms with Crippen molar-refractivity contribution >= 4 is 17.5 Å². The maximum absolute atomic E-state index is 13.8. The molecule has 0 radical (unpaired) electrons. The van der Waals surface area contributed by atoms with Crippen LogP contribution < -0.4 is 14.9 Å². The van der Waals surface area contributed by atoms with Crippen molar-refractivity contribution in [1.82, 2.24) is 15.0 Å². The third-order valence-electron chi connectivity index (χ3n) is 5.25. The van der Waals surface area contributed by atoms with E-state index in [1.807, 2.05) is 12.1 Å². The molecule has 0 atom stereocenters. The molecule has 0 aliphatic heterocycles. The van der Waals surface area contributed by atoms with Crippen LogP contribution in [-0.4, -0.2) is 20.8 Å². The first kappa shape index (κ1) is 26.9. The fourth-order valence-electron chi connectivity index (χ4n) is 3.43. The molecule has 0 spiro atoms. The van der Waals surface area contributed by atoms with Gasteiger partial charge in [-0.15, -0.1) is 15.2 Å². The van der Waals surface area contributed by atoms with Crippen LogP contribution in [0.4, 0.5) is 24.8 Å². The van der Waals surface area contributed by atoms with Crippen LogP contribution in [0, 0.1) is 0 Å². The minimum Gasteiger partial charge on any atom is -0.424 e. The third-order valence-corrected chi connectivity index (χ3v) is 5.25. The number of benzene rings is 4. The monoisotopic (exact) mass is 555 g/mol. The van der Waals surface area contributed by atoms with Crippen LogP contribution >= 0.6 is 0 Å². The van der Waals surface area contributed by atoms with Crippen molar-refractivity contribution in [2.75, 3.05) is 5.43 Å². The normalized spacial score (nSPS) is 11.8. The van der Waals surface area contributed by atoms with Gasteiger partial charge in [0, 0.05) is 5.56 Å². The highest BCUT2D eigenvalue weighted by molar-refractivity contribution is 6.01. The van der Waals surface area contributed by atoms with Crippen LogP contribution in [0.3, 0.4) is 0 Å². The van der Waals surface area contributed by atoms with Gasteiger partial charge in [-0.3, -0.25) is 0 Å². The number of azo groups is 1. The molecule has 204 valence electrons. The summed E-state index contributed by atoms with van der Waals surface area (Å²) in [5.41, 5.74) is 1.73. The van der Waals surface area contributed by atoms with Gasteiger partial charge in [0.15, 0.2) is 0 Å². The Morgan fingerprint density at radius 3 is 1.71 bits per heavy atom. The summed E-state index contributed by atoms with van der Waals surface area (Å²) in [6.07, 6.45) is -4.67. The van der Waals surface area contributed by atoms with Crippen molar-refractivity contribution in [2.45, 2.75) is 6.18 Å². The van der Waals surface area contributed by atoms with E-state index in [9.17, 15) is 13.2 Å². The Kier molecular flexibility index (Phi) is 8.19. The van der Waals surface area contributed by atoms with Crippen molar-refractivity contribution in [3.05, 3.63) is 126 Å². The lowest BCUT2D eigenvalue weighted by molar-refractivity contribution is -0.137. The van der Waals surface area contributed by atoms with Crippen molar-refractivity contribution < 1.29 is 22.6 Å². The average Bonchev–Trinajstić information content (AvgIpc) is 2.98. The fraction of sp³-hybridized carbons (Fsp3) is 0.0345. The Bertz CT molecular complexity index is 1590. The Morgan fingerprint density at radius 1 is 0.634 bits per heavy atom. The molecule has 4 aromatic carbocycles. The number of hydrogen-bond acceptors (Lipinski definition) is 8. The molecular weight excluding hydrogens is 535 g/mol. The molecule has 0 fully saturated rings. The number of amidine groups is 1. The highest BCUT2D eigenvalue weighted by Crippen LogP contribution is 2.33. The summed E-state index contributed by atoms with van der Waals surface area (Å²) in [5, 5.41) is 12.2.